The standard InChI is InChI=1S/C17H26ClN5O/c1-10(2)23(15-7-14(18)20-17(19)21-15)9-13-12(4)16(24-6)11(3)8-22(13)5/h7-8,10,13H,9H2,1-6H3,(H2,19,20,21). The molecule has 0 spiro atoms. The average molecular weight is 352 g/mol. The maximum atomic E-state index is 6.06. The van der Waals surface area contributed by atoms with Gasteiger partial charge in [-0.3, -0.25) is 0 Å². The van der Waals surface area contributed by atoms with Crippen molar-refractivity contribution in [1.29, 1.82) is 0 Å². The fourth-order valence-corrected chi connectivity index (χ4v) is 3.32. The summed E-state index contributed by atoms with van der Waals surface area (Å²) in [5.41, 5.74) is 8.08. The Morgan fingerprint density at radius 2 is 2.04 bits per heavy atom. The summed E-state index contributed by atoms with van der Waals surface area (Å²) in [5.74, 6) is 1.86. The van der Waals surface area contributed by atoms with Crippen molar-refractivity contribution < 1.29 is 4.74 Å². The molecule has 1 aliphatic heterocycles. The van der Waals surface area contributed by atoms with Gasteiger partial charge in [-0.2, -0.15) is 4.98 Å². The van der Waals surface area contributed by atoms with E-state index in [0.29, 0.717) is 5.15 Å². The third kappa shape index (κ3) is 3.75. The number of methoxy groups -OCH3 is 1. The lowest BCUT2D eigenvalue weighted by Gasteiger charge is -2.39. The number of likely N-dealkylation sites (N-methyl/N-ethyl adjacent to an activating group) is 1. The van der Waals surface area contributed by atoms with Gasteiger partial charge in [-0.25, -0.2) is 4.98 Å². The van der Waals surface area contributed by atoms with Crippen LogP contribution in [0.5, 0.6) is 0 Å². The normalized spacial score (nSPS) is 18.1. The van der Waals surface area contributed by atoms with Crippen molar-refractivity contribution in [3.8, 4) is 0 Å². The third-order valence-corrected chi connectivity index (χ3v) is 4.49. The molecular weight excluding hydrogens is 326 g/mol. The number of aromatic nitrogens is 2. The Morgan fingerprint density at radius 1 is 1.38 bits per heavy atom. The second-order valence-electron chi connectivity index (χ2n) is 6.36. The molecule has 0 saturated carbocycles. The number of hydrogen-bond acceptors (Lipinski definition) is 6. The van der Waals surface area contributed by atoms with Gasteiger partial charge in [0.15, 0.2) is 0 Å². The molecule has 1 atom stereocenters. The van der Waals surface area contributed by atoms with E-state index in [1.165, 1.54) is 5.57 Å². The van der Waals surface area contributed by atoms with Crippen LogP contribution in [-0.2, 0) is 4.74 Å². The van der Waals surface area contributed by atoms with E-state index < -0.39 is 0 Å². The maximum Gasteiger partial charge on any atom is 0.223 e. The van der Waals surface area contributed by atoms with E-state index in [4.69, 9.17) is 22.1 Å². The van der Waals surface area contributed by atoms with Gasteiger partial charge in [-0.15, -0.1) is 0 Å². The number of nitrogens with zero attached hydrogens (tertiary/aromatic N) is 4. The van der Waals surface area contributed by atoms with Gasteiger partial charge in [-0.05, 0) is 33.3 Å². The van der Waals surface area contributed by atoms with Crippen molar-refractivity contribution in [2.24, 2.45) is 0 Å². The SMILES string of the molecule is COC1=C(C)C(CN(c2cc(Cl)nc(N)n2)C(C)C)N(C)C=C1C. The highest BCUT2D eigenvalue weighted by molar-refractivity contribution is 6.29. The zero-order chi connectivity index (χ0) is 18.0. The average Bonchev–Trinajstić information content (AvgIpc) is 2.45. The zero-order valence-electron chi connectivity index (χ0n) is 15.2. The molecule has 132 valence electrons. The van der Waals surface area contributed by atoms with Gasteiger partial charge < -0.3 is 20.3 Å². The Bertz CT molecular complexity index is 651. The van der Waals surface area contributed by atoms with Crippen LogP contribution in [0.2, 0.25) is 5.15 Å². The molecule has 0 aromatic carbocycles. The highest BCUT2D eigenvalue weighted by Gasteiger charge is 2.28. The Kier molecular flexibility index (Phi) is 5.59. The molecule has 6 nitrogen and oxygen atoms in total. The van der Waals surface area contributed by atoms with Gasteiger partial charge in [-0.1, -0.05) is 11.6 Å². The molecule has 0 aliphatic carbocycles. The van der Waals surface area contributed by atoms with Crippen LogP contribution < -0.4 is 10.6 Å². The number of hydrogen-bond donors (Lipinski definition) is 1. The highest BCUT2D eigenvalue weighted by atomic mass is 35.5. The molecule has 0 saturated heterocycles. The largest absolute Gasteiger partial charge is 0.496 e. The summed E-state index contributed by atoms with van der Waals surface area (Å²) in [6.07, 6.45) is 2.11. The van der Waals surface area contributed by atoms with Crippen LogP contribution in [0, 0.1) is 0 Å². The Hall–Kier alpha value is -1.95. The lowest BCUT2D eigenvalue weighted by atomic mass is 9.98. The number of anilines is 2. The van der Waals surface area contributed by atoms with Crippen molar-refractivity contribution in [2.45, 2.75) is 39.8 Å². The second-order valence-corrected chi connectivity index (χ2v) is 6.75. The zero-order valence-corrected chi connectivity index (χ0v) is 15.9. The predicted octanol–water partition coefficient (Wildman–Crippen LogP) is 3.07. The summed E-state index contributed by atoms with van der Waals surface area (Å²) in [6, 6.07) is 2.15. The van der Waals surface area contributed by atoms with E-state index in [-0.39, 0.29) is 18.0 Å². The molecule has 1 unspecified atom stereocenters. The van der Waals surface area contributed by atoms with Crippen LogP contribution >= 0.6 is 11.6 Å². The monoisotopic (exact) mass is 351 g/mol. The van der Waals surface area contributed by atoms with Crippen LogP contribution in [-0.4, -0.2) is 47.7 Å². The Balaban J connectivity index is 2.36. The number of allylic oxidation sites excluding steroid dienone is 1. The van der Waals surface area contributed by atoms with Crippen LogP contribution in [0.15, 0.2) is 29.2 Å². The minimum atomic E-state index is 0.168. The highest BCUT2D eigenvalue weighted by Crippen LogP contribution is 2.29. The number of nitrogen functional groups attached to an aromatic ring is 1. The van der Waals surface area contributed by atoms with Gasteiger partial charge in [0.25, 0.3) is 0 Å². The molecule has 2 N–H and O–H groups in total. The molecule has 0 radical (unpaired) electrons. The lowest BCUT2D eigenvalue weighted by Crippen LogP contribution is -2.45. The maximum absolute atomic E-state index is 6.06. The summed E-state index contributed by atoms with van der Waals surface area (Å²) >= 11 is 6.06. The molecule has 2 rings (SSSR count). The fourth-order valence-electron chi connectivity index (χ4n) is 3.13. The molecule has 0 amide bonds. The van der Waals surface area contributed by atoms with E-state index in [1.807, 2.05) is 0 Å². The molecule has 1 aromatic rings. The van der Waals surface area contributed by atoms with E-state index >= 15 is 0 Å². The van der Waals surface area contributed by atoms with Crippen molar-refractivity contribution in [3.05, 3.63) is 34.3 Å². The molecule has 0 bridgehead atoms. The van der Waals surface area contributed by atoms with Crippen molar-refractivity contribution in [3.63, 3.8) is 0 Å². The van der Waals surface area contributed by atoms with Crippen molar-refractivity contribution in [1.82, 2.24) is 14.9 Å². The van der Waals surface area contributed by atoms with Gasteiger partial charge >= 0.3 is 0 Å². The molecule has 1 aromatic heterocycles. The molecule has 24 heavy (non-hydrogen) atoms. The van der Waals surface area contributed by atoms with Crippen molar-refractivity contribution >= 4 is 23.4 Å². The summed E-state index contributed by atoms with van der Waals surface area (Å²) in [5, 5.41) is 0.348. The first-order valence-corrected chi connectivity index (χ1v) is 8.34. The van der Waals surface area contributed by atoms with Gasteiger partial charge in [0.05, 0.1) is 13.2 Å². The summed E-state index contributed by atoms with van der Waals surface area (Å²) in [7, 11) is 3.79. The summed E-state index contributed by atoms with van der Waals surface area (Å²) in [4.78, 5) is 12.7. The van der Waals surface area contributed by atoms with Crippen LogP contribution in [0.25, 0.3) is 0 Å². The molecule has 1 aliphatic rings. The number of nitrogens with two attached hydrogens (primary N) is 1. The van der Waals surface area contributed by atoms with E-state index in [0.717, 1.165) is 23.7 Å². The topological polar surface area (TPSA) is 67.5 Å². The molecule has 0 fully saturated rings. The van der Waals surface area contributed by atoms with Crippen molar-refractivity contribution in [2.75, 3.05) is 31.3 Å². The van der Waals surface area contributed by atoms with E-state index in [9.17, 15) is 0 Å². The number of rotatable bonds is 5. The van der Waals surface area contributed by atoms with Gasteiger partial charge in [0, 0.05) is 37.5 Å². The summed E-state index contributed by atoms with van der Waals surface area (Å²) < 4.78 is 5.58. The predicted molar refractivity (Wildman–Crippen MR) is 99.0 cm³/mol. The minimum absolute atomic E-state index is 0.168. The summed E-state index contributed by atoms with van der Waals surface area (Å²) in [6.45, 7) is 9.14. The van der Waals surface area contributed by atoms with Gasteiger partial charge in [0.2, 0.25) is 5.95 Å². The van der Waals surface area contributed by atoms with E-state index in [2.05, 4.69) is 60.7 Å². The first kappa shape index (κ1) is 18.4. The van der Waals surface area contributed by atoms with Crippen LogP contribution in [0.1, 0.15) is 27.7 Å². The van der Waals surface area contributed by atoms with Crippen LogP contribution in [0.4, 0.5) is 11.8 Å². The number of halogens is 1. The van der Waals surface area contributed by atoms with Gasteiger partial charge in [0.1, 0.15) is 16.7 Å². The molecular formula is C17H26ClN5O. The third-order valence-electron chi connectivity index (χ3n) is 4.30. The molecule has 7 heteroatoms. The Labute approximate surface area is 149 Å². The quantitative estimate of drug-likeness (QED) is 0.822. The second kappa shape index (κ2) is 7.30. The number of ether oxygens (including phenoxy) is 1. The minimum Gasteiger partial charge on any atom is -0.496 e. The van der Waals surface area contributed by atoms with E-state index in [1.54, 1.807) is 13.2 Å². The smallest absolute Gasteiger partial charge is 0.223 e. The first-order chi connectivity index (χ1) is 11.2. The fraction of sp³-hybridized carbons (Fsp3) is 0.529. The lowest BCUT2D eigenvalue weighted by molar-refractivity contribution is 0.264. The first-order valence-electron chi connectivity index (χ1n) is 7.96. The van der Waals surface area contributed by atoms with Crippen LogP contribution in [0.3, 0.4) is 0 Å². The molecule has 2 heterocycles. The Morgan fingerprint density at radius 3 is 2.58 bits per heavy atom.